The van der Waals surface area contributed by atoms with Crippen LogP contribution in [-0.2, 0) is 4.74 Å². The van der Waals surface area contributed by atoms with E-state index in [0.29, 0.717) is 30.8 Å². The molecule has 21 heavy (non-hydrogen) atoms. The highest BCUT2D eigenvalue weighted by atomic mass is 19.1. The third kappa shape index (κ3) is 3.28. The highest BCUT2D eigenvalue weighted by Crippen LogP contribution is 2.30. The molecular formula is C15H16FNO4. The molecule has 0 saturated carbocycles. The van der Waals surface area contributed by atoms with Crippen LogP contribution in [-0.4, -0.2) is 36.4 Å². The van der Waals surface area contributed by atoms with Crippen molar-refractivity contribution in [3.05, 3.63) is 35.3 Å². The molecule has 112 valence electrons. The van der Waals surface area contributed by atoms with E-state index in [1.165, 1.54) is 12.1 Å². The second kappa shape index (κ2) is 6.49. The fourth-order valence-electron chi connectivity index (χ4n) is 2.04. The van der Waals surface area contributed by atoms with Gasteiger partial charge in [0.15, 0.2) is 5.69 Å². The molecule has 1 N–H and O–H groups in total. The maximum Gasteiger partial charge on any atom is 0.354 e. The second-order valence-electron chi connectivity index (χ2n) is 4.59. The minimum Gasteiger partial charge on any atom is -0.493 e. The van der Waals surface area contributed by atoms with Gasteiger partial charge in [-0.15, -0.1) is 0 Å². The number of hydrogen-bond donors (Lipinski definition) is 1. The van der Waals surface area contributed by atoms with Crippen LogP contribution in [0, 0.1) is 12.7 Å². The molecule has 0 amide bonds. The van der Waals surface area contributed by atoms with E-state index in [-0.39, 0.29) is 11.2 Å². The summed E-state index contributed by atoms with van der Waals surface area (Å²) < 4.78 is 24.4. The molecule has 2 aromatic rings. The Bertz CT molecular complexity index is 672. The minimum atomic E-state index is -1.22. The molecule has 0 unspecified atom stereocenters. The molecule has 2 rings (SSSR count). The molecule has 6 heteroatoms. The van der Waals surface area contributed by atoms with Gasteiger partial charge in [-0.05, 0) is 18.6 Å². The number of nitrogens with zero attached hydrogens (tertiary/aromatic N) is 1. The first-order valence-corrected chi connectivity index (χ1v) is 6.49. The van der Waals surface area contributed by atoms with Crippen molar-refractivity contribution in [1.82, 2.24) is 4.98 Å². The molecule has 0 aliphatic heterocycles. The Morgan fingerprint density at radius 1 is 1.38 bits per heavy atom. The summed E-state index contributed by atoms with van der Waals surface area (Å²) in [6.07, 6.45) is 0.650. The van der Waals surface area contributed by atoms with E-state index in [0.717, 1.165) is 5.56 Å². The van der Waals surface area contributed by atoms with Crippen molar-refractivity contribution in [2.45, 2.75) is 13.3 Å². The van der Waals surface area contributed by atoms with Gasteiger partial charge in [-0.2, -0.15) is 0 Å². The van der Waals surface area contributed by atoms with E-state index in [1.807, 2.05) is 0 Å². The molecule has 0 fully saturated rings. The fourth-order valence-corrected chi connectivity index (χ4v) is 2.04. The van der Waals surface area contributed by atoms with Gasteiger partial charge in [0.05, 0.1) is 6.61 Å². The maximum atomic E-state index is 13.9. The molecule has 1 heterocycles. The van der Waals surface area contributed by atoms with Crippen molar-refractivity contribution in [2.75, 3.05) is 20.3 Å². The van der Waals surface area contributed by atoms with Gasteiger partial charge in [-0.1, -0.05) is 6.07 Å². The predicted octanol–water partition coefficient (Wildman–Crippen LogP) is 2.80. The number of aromatic nitrogens is 1. The van der Waals surface area contributed by atoms with Crippen LogP contribution < -0.4 is 4.74 Å². The van der Waals surface area contributed by atoms with Crippen LogP contribution in [0.5, 0.6) is 5.75 Å². The number of aryl methyl sites for hydroxylation is 1. The number of halogens is 1. The van der Waals surface area contributed by atoms with Crippen molar-refractivity contribution in [1.29, 1.82) is 0 Å². The Balaban J connectivity index is 2.49. The van der Waals surface area contributed by atoms with Crippen molar-refractivity contribution in [2.24, 2.45) is 0 Å². The zero-order chi connectivity index (χ0) is 15.4. The highest BCUT2D eigenvalue weighted by molar-refractivity contribution is 5.94. The summed E-state index contributed by atoms with van der Waals surface area (Å²) >= 11 is 0. The first kappa shape index (κ1) is 15.2. The van der Waals surface area contributed by atoms with Crippen LogP contribution in [0.25, 0.3) is 10.9 Å². The number of pyridine rings is 1. The lowest BCUT2D eigenvalue weighted by atomic mass is 10.1. The van der Waals surface area contributed by atoms with Crippen LogP contribution >= 0.6 is 0 Å². The third-order valence-electron chi connectivity index (χ3n) is 3.05. The SMILES string of the molecule is COCCCOc1cc(C(=O)O)nc2c(F)ccc(C)c12. The van der Waals surface area contributed by atoms with Gasteiger partial charge < -0.3 is 14.6 Å². The number of carboxylic acid groups (broad SMARTS) is 1. The maximum absolute atomic E-state index is 13.9. The molecule has 0 aliphatic carbocycles. The average Bonchev–Trinajstić information content (AvgIpc) is 2.47. The first-order valence-electron chi connectivity index (χ1n) is 6.49. The third-order valence-corrected chi connectivity index (χ3v) is 3.05. The monoisotopic (exact) mass is 293 g/mol. The number of carboxylic acids is 1. The lowest BCUT2D eigenvalue weighted by molar-refractivity contribution is 0.0690. The van der Waals surface area contributed by atoms with Gasteiger partial charge in [0.1, 0.15) is 17.1 Å². The summed E-state index contributed by atoms with van der Waals surface area (Å²) in [4.78, 5) is 15.0. The van der Waals surface area contributed by atoms with Crippen molar-refractivity contribution < 1.29 is 23.8 Å². The van der Waals surface area contributed by atoms with E-state index >= 15 is 0 Å². The number of hydrogen-bond acceptors (Lipinski definition) is 4. The standard InChI is InChI=1S/C15H16FNO4/c1-9-4-5-10(16)14-13(9)12(21-7-3-6-20-2)8-11(17-14)15(18)19/h4-5,8H,3,6-7H2,1-2H3,(H,18,19). The molecular weight excluding hydrogens is 277 g/mol. The van der Waals surface area contributed by atoms with Crippen molar-refractivity contribution >= 4 is 16.9 Å². The normalized spacial score (nSPS) is 10.8. The molecule has 0 aliphatic rings. The largest absolute Gasteiger partial charge is 0.493 e. The fraction of sp³-hybridized carbons (Fsp3) is 0.333. The number of methoxy groups -OCH3 is 1. The van der Waals surface area contributed by atoms with Crippen LogP contribution in [0.3, 0.4) is 0 Å². The zero-order valence-corrected chi connectivity index (χ0v) is 11.9. The molecule has 1 aromatic carbocycles. The Hall–Kier alpha value is -2.21. The predicted molar refractivity (Wildman–Crippen MR) is 75.4 cm³/mol. The number of aromatic carboxylic acids is 1. The smallest absolute Gasteiger partial charge is 0.354 e. The summed E-state index contributed by atoms with van der Waals surface area (Å²) in [6.45, 7) is 2.68. The van der Waals surface area contributed by atoms with Gasteiger partial charge in [0.2, 0.25) is 0 Å². The molecule has 0 radical (unpaired) electrons. The summed E-state index contributed by atoms with van der Waals surface area (Å²) in [5.41, 5.74) is 0.544. The number of carbonyl (C=O) groups is 1. The summed E-state index contributed by atoms with van der Waals surface area (Å²) in [6, 6.07) is 4.21. The number of benzene rings is 1. The summed E-state index contributed by atoms with van der Waals surface area (Å²) in [7, 11) is 1.59. The number of ether oxygens (including phenoxy) is 2. The van der Waals surface area contributed by atoms with E-state index in [4.69, 9.17) is 14.6 Å². The van der Waals surface area contributed by atoms with Crippen molar-refractivity contribution in [3.8, 4) is 5.75 Å². The van der Waals surface area contributed by atoms with Gasteiger partial charge in [0.25, 0.3) is 0 Å². The molecule has 0 bridgehead atoms. The van der Waals surface area contributed by atoms with Gasteiger partial charge in [-0.25, -0.2) is 14.2 Å². The van der Waals surface area contributed by atoms with Crippen LogP contribution in [0.15, 0.2) is 18.2 Å². The van der Waals surface area contributed by atoms with Crippen LogP contribution in [0.1, 0.15) is 22.5 Å². The molecule has 0 atom stereocenters. The molecule has 0 saturated heterocycles. The van der Waals surface area contributed by atoms with E-state index in [9.17, 15) is 9.18 Å². The average molecular weight is 293 g/mol. The van der Waals surface area contributed by atoms with E-state index in [2.05, 4.69) is 4.98 Å². The topological polar surface area (TPSA) is 68.7 Å². The summed E-state index contributed by atoms with van der Waals surface area (Å²) in [5, 5.41) is 9.58. The number of rotatable bonds is 6. The Morgan fingerprint density at radius 2 is 2.14 bits per heavy atom. The first-order chi connectivity index (χ1) is 10.0. The summed E-state index contributed by atoms with van der Waals surface area (Å²) in [5.74, 6) is -1.47. The lowest BCUT2D eigenvalue weighted by Crippen LogP contribution is -2.06. The van der Waals surface area contributed by atoms with E-state index in [1.54, 1.807) is 20.1 Å². The number of fused-ring (bicyclic) bond motifs is 1. The quantitative estimate of drug-likeness (QED) is 0.829. The Kier molecular flexibility index (Phi) is 4.70. The minimum absolute atomic E-state index is 0.0108. The van der Waals surface area contributed by atoms with Gasteiger partial charge in [-0.3, -0.25) is 0 Å². The lowest BCUT2D eigenvalue weighted by Gasteiger charge is -2.12. The van der Waals surface area contributed by atoms with Crippen LogP contribution in [0.2, 0.25) is 0 Å². The van der Waals surface area contributed by atoms with Gasteiger partial charge >= 0.3 is 5.97 Å². The van der Waals surface area contributed by atoms with Crippen LogP contribution in [0.4, 0.5) is 4.39 Å². The zero-order valence-electron chi connectivity index (χ0n) is 11.9. The molecule has 0 spiro atoms. The van der Waals surface area contributed by atoms with Gasteiger partial charge in [0, 0.05) is 31.6 Å². The molecule has 5 nitrogen and oxygen atoms in total. The second-order valence-corrected chi connectivity index (χ2v) is 4.59. The van der Waals surface area contributed by atoms with E-state index < -0.39 is 11.8 Å². The van der Waals surface area contributed by atoms with Crippen molar-refractivity contribution in [3.63, 3.8) is 0 Å². The Morgan fingerprint density at radius 3 is 2.81 bits per heavy atom. The Labute approximate surface area is 121 Å². The highest BCUT2D eigenvalue weighted by Gasteiger charge is 2.16. The molecule has 1 aromatic heterocycles.